The summed E-state index contributed by atoms with van der Waals surface area (Å²) in [6, 6.07) is 2.22. The van der Waals surface area contributed by atoms with Crippen molar-refractivity contribution in [2.75, 3.05) is 13.1 Å². The molecule has 2 aromatic rings. The molecule has 0 aromatic carbocycles. The molecule has 2 aliphatic heterocycles. The zero-order valence-corrected chi connectivity index (χ0v) is 15.1. The smallest absolute Gasteiger partial charge is 0.254 e. The third-order valence-electron chi connectivity index (χ3n) is 5.71. The van der Waals surface area contributed by atoms with Gasteiger partial charge in [0.15, 0.2) is 0 Å². The molecule has 5 rings (SSSR count). The molecule has 4 heterocycles. The lowest BCUT2D eigenvalue weighted by atomic mass is 10.1. The average Bonchev–Trinajstić information content (AvgIpc) is 3.39. The summed E-state index contributed by atoms with van der Waals surface area (Å²) in [6.07, 6.45) is 5.36. The van der Waals surface area contributed by atoms with E-state index < -0.39 is 0 Å². The van der Waals surface area contributed by atoms with Gasteiger partial charge < -0.3 is 10.3 Å². The molecular formula is C19H26N6O. The monoisotopic (exact) mass is 354 g/mol. The molecule has 7 heteroatoms. The minimum atomic E-state index is 0.0741. The first kappa shape index (κ1) is 16.2. The van der Waals surface area contributed by atoms with Gasteiger partial charge in [-0.25, -0.2) is 4.98 Å². The van der Waals surface area contributed by atoms with E-state index in [4.69, 9.17) is 10.1 Å². The Morgan fingerprint density at radius 2 is 2.19 bits per heavy atom. The second-order valence-electron chi connectivity index (χ2n) is 7.93. The fourth-order valence-corrected chi connectivity index (χ4v) is 4.10. The zero-order valence-electron chi connectivity index (χ0n) is 15.1. The third-order valence-corrected chi connectivity index (χ3v) is 5.71. The Morgan fingerprint density at radius 3 is 3.08 bits per heavy atom. The minimum absolute atomic E-state index is 0.0741. The van der Waals surface area contributed by atoms with Crippen LogP contribution in [0.25, 0.3) is 0 Å². The summed E-state index contributed by atoms with van der Waals surface area (Å²) in [4.78, 5) is 22.5. The van der Waals surface area contributed by atoms with E-state index in [9.17, 15) is 4.79 Å². The molecule has 7 nitrogen and oxygen atoms in total. The van der Waals surface area contributed by atoms with E-state index >= 15 is 0 Å². The van der Waals surface area contributed by atoms with Crippen LogP contribution in [0, 0.1) is 5.92 Å². The van der Waals surface area contributed by atoms with E-state index in [-0.39, 0.29) is 5.56 Å². The Kier molecular flexibility index (Phi) is 4.13. The fourth-order valence-electron chi connectivity index (χ4n) is 4.10. The van der Waals surface area contributed by atoms with Crippen LogP contribution in [0.2, 0.25) is 0 Å². The van der Waals surface area contributed by atoms with Crippen LogP contribution in [-0.2, 0) is 39.0 Å². The van der Waals surface area contributed by atoms with Crippen molar-refractivity contribution in [3.05, 3.63) is 44.9 Å². The molecule has 0 saturated heterocycles. The van der Waals surface area contributed by atoms with Crippen LogP contribution in [0.15, 0.2) is 10.9 Å². The molecule has 2 aromatic heterocycles. The Bertz CT molecular complexity index is 842. The van der Waals surface area contributed by atoms with Crippen molar-refractivity contribution in [2.45, 2.75) is 58.3 Å². The number of rotatable bonds is 4. The summed E-state index contributed by atoms with van der Waals surface area (Å²) in [7, 11) is 0. The van der Waals surface area contributed by atoms with Crippen molar-refractivity contribution in [1.82, 2.24) is 30.0 Å². The van der Waals surface area contributed by atoms with Gasteiger partial charge in [0.05, 0.1) is 17.1 Å². The lowest BCUT2D eigenvalue weighted by Gasteiger charge is -2.27. The Hall–Kier alpha value is -1.99. The Labute approximate surface area is 152 Å². The summed E-state index contributed by atoms with van der Waals surface area (Å²) >= 11 is 0. The predicted molar refractivity (Wildman–Crippen MR) is 97.7 cm³/mol. The topological polar surface area (TPSA) is 78.8 Å². The molecule has 0 bridgehead atoms. The maximum atomic E-state index is 12.4. The van der Waals surface area contributed by atoms with Crippen molar-refractivity contribution in [3.63, 3.8) is 0 Å². The van der Waals surface area contributed by atoms with Gasteiger partial charge in [-0.1, -0.05) is 0 Å². The number of hydrogen-bond acceptors (Lipinski definition) is 5. The van der Waals surface area contributed by atoms with E-state index in [2.05, 4.69) is 25.9 Å². The van der Waals surface area contributed by atoms with Gasteiger partial charge in [-0.15, -0.1) is 0 Å². The van der Waals surface area contributed by atoms with Gasteiger partial charge >= 0.3 is 0 Å². The first-order valence-electron chi connectivity index (χ1n) is 9.84. The van der Waals surface area contributed by atoms with Crippen molar-refractivity contribution < 1.29 is 0 Å². The Balaban J connectivity index is 1.32. The lowest BCUT2D eigenvalue weighted by Crippen LogP contribution is -2.35. The van der Waals surface area contributed by atoms with Crippen molar-refractivity contribution in [3.8, 4) is 0 Å². The van der Waals surface area contributed by atoms with Gasteiger partial charge in [0, 0.05) is 44.7 Å². The average molecular weight is 354 g/mol. The normalized spacial score (nSPS) is 20.5. The third kappa shape index (κ3) is 3.33. The molecule has 0 radical (unpaired) electrons. The highest BCUT2D eigenvalue weighted by Crippen LogP contribution is 2.31. The van der Waals surface area contributed by atoms with Gasteiger partial charge in [0.1, 0.15) is 5.82 Å². The predicted octanol–water partition coefficient (Wildman–Crippen LogP) is 0.970. The van der Waals surface area contributed by atoms with Crippen LogP contribution < -0.4 is 10.9 Å². The van der Waals surface area contributed by atoms with Crippen LogP contribution in [0.5, 0.6) is 0 Å². The number of aromatic nitrogens is 4. The van der Waals surface area contributed by atoms with Crippen LogP contribution in [0.1, 0.15) is 47.7 Å². The molecule has 1 aliphatic carbocycles. The van der Waals surface area contributed by atoms with Gasteiger partial charge in [-0.3, -0.25) is 14.4 Å². The molecule has 3 aliphatic rings. The number of hydrogen-bond donors (Lipinski definition) is 2. The molecule has 2 N–H and O–H groups in total. The number of aromatic amines is 1. The standard InChI is InChI=1S/C19H26N6O/c26-19-16-4-7-24(12-17(16)21-18(22-19)8-13-2-3-13)11-14-9-15-10-20-5-1-6-25(15)23-14/h9,13,20H,1-8,10-12H2,(H,21,22,26). The second-order valence-corrected chi connectivity index (χ2v) is 7.93. The highest BCUT2D eigenvalue weighted by atomic mass is 16.1. The summed E-state index contributed by atoms with van der Waals surface area (Å²) in [5, 5.41) is 8.23. The highest BCUT2D eigenvalue weighted by molar-refractivity contribution is 5.22. The van der Waals surface area contributed by atoms with Crippen molar-refractivity contribution in [2.24, 2.45) is 5.92 Å². The van der Waals surface area contributed by atoms with E-state index in [1.165, 1.54) is 18.5 Å². The molecule has 1 saturated carbocycles. The number of nitrogens with one attached hydrogen (secondary N) is 2. The first-order valence-corrected chi connectivity index (χ1v) is 9.84. The SMILES string of the molecule is O=c1[nH]c(CC2CC2)nc2c1CCN(Cc1cc3n(n1)CCCNC3)C2. The van der Waals surface area contributed by atoms with Gasteiger partial charge in [0.25, 0.3) is 5.56 Å². The maximum absolute atomic E-state index is 12.4. The second kappa shape index (κ2) is 6.63. The maximum Gasteiger partial charge on any atom is 0.254 e. The van der Waals surface area contributed by atoms with Gasteiger partial charge in [0.2, 0.25) is 0 Å². The number of aryl methyl sites for hydroxylation is 1. The highest BCUT2D eigenvalue weighted by Gasteiger charge is 2.26. The molecule has 0 unspecified atom stereocenters. The molecular weight excluding hydrogens is 328 g/mol. The zero-order chi connectivity index (χ0) is 17.5. The summed E-state index contributed by atoms with van der Waals surface area (Å²) in [5.41, 5.74) is 4.32. The molecule has 26 heavy (non-hydrogen) atoms. The molecule has 138 valence electrons. The number of fused-ring (bicyclic) bond motifs is 2. The largest absolute Gasteiger partial charge is 0.311 e. The molecule has 0 atom stereocenters. The minimum Gasteiger partial charge on any atom is -0.311 e. The fraction of sp³-hybridized carbons (Fsp3) is 0.632. The summed E-state index contributed by atoms with van der Waals surface area (Å²) in [6.45, 7) is 5.42. The van der Waals surface area contributed by atoms with Crippen LogP contribution in [-0.4, -0.2) is 37.7 Å². The molecule has 1 fully saturated rings. The van der Waals surface area contributed by atoms with E-state index in [1.54, 1.807) is 0 Å². The molecule has 0 amide bonds. The van der Waals surface area contributed by atoms with Crippen LogP contribution in [0.4, 0.5) is 0 Å². The quantitative estimate of drug-likeness (QED) is 0.855. The molecule has 0 spiro atoms. The van der Waals surface area contributed by atoms with E-state index in [0.717, 1.165) is 87.2 Å². The van der Waals surface area contributed by atoms with Gasteiger partial charge in [-0.05, 0) is 44.2 Å². The van der Waals surface area contributed by atoms with E-state index in [0.29, 0.717) is 0 Å². The Morgan fingerprint density at radius 1 is 1.27 bits per heavy atom. The van der Waals surface area contributed by atoms with Crippen molar-refractivity contribution >= 4 is 0 Å². The summed E-state index contributed by atoms with van der Waals surface area (Å²) < 4.78 is 2.14. The van der Waals surface area contributed by atoms with Crippen molar-refractivity contribution in [1.29, 1.82) is 0 Å². The summed E-state index contributed by atoms with van der Waals surface area (Å²) in [5.74, 6) is 1.60. The van der Waals surface area contributed by atoms with Crippen LogP contribution >= 0.6 is 0 Å². The van der Waals surface area contributed by atoms with Gasteiger partial charge in [-0.2, -0.15) is 5.10 Å². The van der Waals surface area contributed by atoms with Crippen LogP contribution in [0.3, 0.4) is 0 Å². The lowest BCUT2D eigenvalue weighted by molar-refractivity contribution is 0.236. The van der Waals surface area contributed by atoms with E-state index in [1.807, 2.05) is 0 Å². The number of nitrogens with zero attached hydrogens (tertiary/aromatic N) is 4. The first-order chi connectivity index (χ1) is 12.7. The number of H-pyrrole nitrogens is 1.